The Morgan fingerprint density at radius 2 is 2.11 bits per heavy atom. The van der Waals surface area contributed by atoms with Crippen LogP contribution in [0.25, 0.3) is 0 Å². The largest absolute Gasteiger partial charge is 0.437 e. The highest BCUT2D eigenvalue weighted by molar-refractivity contribution is 6.35. The Morgan fingerprint density at radius 1 is 1.30 bits per heavy atom. The van der Waals surface area contributed by atoms with Crippen LogP contribution in [0.2, 0.25) is 10.0 Å². The molecule has 1 unspecified atom stereocenters. The average Bonchev–Trinajstić information content (AvgIpc) is 3.11. The van der Waals surface area contributed by atoms with Crippen LogP contribution in [0.1, 0.15) is 23.2 Å². The number of nitrogens with one attached hydrogen (secondary N) is 2. The Kier molecular flexibility index (Phi) is 10.2. The lowest BCUT2D eigenvalue weighted by Gasteiger charge is -2.12. The van der Waals surface area contributed by atoms with Gasteiger partial charge in [0.1, 0.15) is 11.3 Å². The Labute approximate surface area is 181 Å². The quantitative estimate of drug-likeness (QED) is 0.663. The summed E-state index contributed by atoms with van der Waals surface area (Å²) in [5.74, 6) is 1.03. The molecule has 1 amide bonds. The molecule has 27 heavy (non-hydrogen) atoms. The summed E-state index contributed by atoms with van der Waals surface area (Å²) in [6, 6.07) is 8.27. The minimum Gasteiger partial charge on any atom is -0.437 e. The summed E-state index contributed by atoms with van der Waals surface area (Å²) in [7, 11) is 0. The molecule has 1 aliphatic rings. The number of rotatable bonds is 6. The molecule has 1 aromatic carbocycles. The molecule has 1 aromatic heterocycles. The van der Waals surface area contributed by atoms with Crippen LogP contribution in [0.15, 0.2) is 36.5 Å². The van der Waals surface area contributed by atoms with E-state index in [0.717, 1.165) is 25.9 Å². The molecule has 0 saturated carbocycles. The number of halogens is 4. The predicted molar refractivity (Wildman–Crippen MR) is 113 cm³/mol. The number of hydrogen-bond donors (Lipinski definition) is 2. The number of ether oxygens (including phenoxy) is 1. The maximum Gasteiger partial charge on any atom is 0.256 e. The van der Waals surface area contributed by atoms with Crippen LogP contribution in [0.5, 0.6) is 11.6 Å². The van der Waals surface area contributed by atoms with Crippen LogP contribution in [-0.2, 0) is 0 Å². The van der Waals surface area contributed by atoms with Crippen molar-refractivity contribution < 1.29 is 9.53 Å². The van der Waals surface area contributed by atoms with Crippen LogP contribution in [0.3, 0.4) is 0 Å². The smallest absolute Gasteiger partial charge is 0.256 e. The molecule has 2 N–H and O–H groups in total. The Morgan fingerprint density at radius 3 is 2.81 bits per heavy atom. The number of aromatic nitrogens is 1. The van der Waals surface area contributed by atoms with Crippen molar-refractivity contribution in [1.82, 2.24) is 15.6 Å². The molecule has 5 nitrogen and oxygen atoms in total. The molecular weight excluding hydrogens is 432 g/mol. The maximum absolute atomic E-state index is 12.5. The van der Waals surface area contributed by atoms with Gasteiger partial charge < -0.3 is 15.4 Å². The van der Waals surface area contributed by atoms with Crippen LogP contribution >= 0.6 is 48.0 Å². The monoisotopic (exact) mass is 451 g/mol. The van der Waals surface area contributed by atoms with Crippen molar-refractivity contribution in [3.05, 3.63) is 52.1 Å². The zero-order valence-corrected chi connectivity index (χ0v) is 17.6. The average molecular weight is 453 g/mol. The van der Waals surface area contributed by atoms with Crippen molar-refractivity contribution in [2.45, 2.75) is 12.8 Å². The highest BCUT2D eigenvalue weighted by atomic mass is 35.5. The van der Waals surface area contributed by atoms with Gasteiger partial charge in [0.15, 0.2) is 0 Å². The van der Waals surface area contributed by atoms with E-state index in [2.05, 4.69) is 15.6 Å². The Balaban J connectivity index is 0.00000182. The second kappa shape index (κ2) is 11.6. The number of nitrogens with zero attached hydrogens (tertiary/aromatic N) is 1. The van der Waals surface area contributed by atoms with Gasteiger partial charge in [0, 0.05) is 17.8 Å². The van der Waals surface area contributed by atoms with E-state index in [4.69, 9.17) is 27.9 Å². The van der Waals surface area contributed by atoms with Crippen molar-refractivity contribution in [3.63, 3.8) is 0 Å². The molecule has 0 bridgehead atoms. The second-order valence-corrected chi connectivity index (χ2v) is 6.78. The zero-order valence-electron chi connectivity index (χ0n) is 14.4. The van der Waals surface area contributed by atoms with Crippen LogP contribution in [-0.4, -0.2) is 30.5 Å². The number of benzene rings is 1. The molecule has 1 aliphatic heterocycles. The molecule has 0 radical (unpaired) electrons. The molecule has 0 aliphatic carbocycles. The highest BCUT2D eigenvalue weighted by Crippen LogP contribution is 2.32. The number of amides is 1. The van der Waals surface area contributed by atoms with Gasteiger partial charge in [-0.2, -0.15) is 0 Å². The molecule has 1 saturated heterocycles. The van der Waals surface area contributed by atoms with Gasteiger partial charge >= 0.3 is 0 Å². The summed E-state index contributed by atoms with van der Waals surface area (Å²) in [6.07, 6.45) is 3.69. The van der Waals surface area contributed by atoms with Crippen molar-refractivity contribution in [3.8, 4) is 11.6 Å². The van der Waals surface area contributed by atoms with Crippen LogP contribution in [0.4, 0.5) is 0 Å². The van der Waals surface area contributed by atoms with E-state index in [0.29, 0.717) is 33.8 Å². The van der Waals surface area contributed by atoms with E-state index in [1.807, 2.05) is 0 Å². The Hall–Kier alpha value is -1.24. The lowest BCUT2D eigenvalue weighted by molar-refractivity contribution is 0.0948. The number of carbonyl (C=O) groups excluding carboxylic acids is 1. The molecule has 3 rings (SSSR count). The molecular formula is C18H21Cl4N3O2. The summed E-state index contributed by atoms with van der Waals surface area (Å²) < 4.78 is 5.72. The molecule has 2 aromatic rings. The van der Waals surface area contributed by atoms with Crippen molar-refractivity contribution >= 4 is 53.9 Å². The first-order valence-corrected chi connectivity index (χ1v) is 8.96. The minimum atomic E-state index is -0.209. The van der Waals surface area contributed by atoms with Gasteiger partial charge in [0.2, 0.25) is 5.88 Å². The van der Waals surface area contributed by atoms with Gasteiger partial charge in [0.25, 0.3) is 5.91 Å². The third-order valence-electron chi connectivity index (χ3n) is 4.12. The van der Waals surface area contributed by atoms with Crippen molar-refractivity contribution in [1.29, 1.82) is 0 Å². The van der Waals surface area contributed by atoms with Crippen molar-refractivity contribution in [2.75, 3.05) is 19.6 Å². The summed E-state index contributed by atoms with van der Waals surface area (Å²) in [5.41, 5.74) is 0.373. The molecule has 9 heteroatoms. The van der Waals surface area contributed by atoms with E-state index in [1.54, 1.807) is 36.5 Å². The van der Waals surface area contributed by atoms with Gasteiger partial charge in [-0.3, -0.25) is 4.79 Å². The third-order valence-corrected chi connectivity index (χ3v) is 4.65. The summed E-state index contributed by atoms with van der Waals surface area (Å²) in [4.78, 5) is 16.6. The highest BCUT2D eigenvalue weighted by Gasteiger charge is 2.17. The summed E-state index contributed by atoms with van der Waals surface area (Å²) >= 11 is 12.0. The van der Waals surface area contributed by atoms with Gasteiger partial charge in [-0.1, -0.05) is 23.2 Å². The third kappa shape index (κ3) is 6.70. The van der Waals surface area contributed by atoms with E-state index in [1.165, 1.54) is 0 Å². The van der Waals surface area contributed by atoms with Gasteiger partial charge in [-0.15, -0.1) is 24.8 Å². The number of carbonyl (C=O) groups is 1. The normalized spacial score (nSPS) is 15.4. The van der Waals surface area contributed by atoms with Gasteiger partial charge in [0.05, 0.1) is 5.02 Å². The summed E-state index contributed by atoms with van der Waals surface area (Å²) in [6.45, 7) is 2.70. The van der Waals surface area contributed by atoms with Crippen LogP contribution in [0, 0.1) is 5.92 Å². The fourth-order valence-electron chi connectivity index (χ4n) is 2.75. The Bertz CT molecular complexity index is 755. The van der Waals surface area contributed by atoms with E-state index in [-0.39, 0.29) is 36.6 Å². The van der Waals surface area contributed by atoms with Crippen LogP contribution < -0.4 is 15.4 Å². The fourth-order valence-corrected chi connectivity index (χ4v) is 3.20. The molecule has 2 heterocycles. The second-order valence-electron chi connectivity index (χ2n) is 5.94. The topological polar surface area (TPSA) is 63.2 Å². The summed E-state index contributed by atoms with van der Waals surface area (Å²) in [5, 5.41) is 7.13. The van der Waals surface area contributed by atoms with E-state index < -0.39 is 0 Å². The lowest BCUT2D eigenvalue weighted by atomic mass is 10.1. The minimum absolute atomic E-state index is 0. The van der Waals surface area contributed by atoms with Gasteiger partial charge in [-0.25, -0.2) is 4.98 Å². The fraction of sp³-hybridized carbons (Fsp3) is 0.333. The van der Waals surface area contributed by atoms with E-state index in [9.17, 15) is 4.79 Å². The molecule has 148 valence electrons. The van der Waals surface area contributed by atoms with Gasteiger partial charge in [-0.05, 0) is 62.2 Å². The lowest BCUT2D eigenvalue weighted by Crippen LogP contribution is -2.27. The standard InChI is InChI=1S/C18H19Cl2N3O2.2ClH/c19-13-3-4-16(15(20)10-13)25-18-14(2-1-7-23-18)17(24)22-9-6-12-5-8-21-11-12;;/h1-4,7,10,12,21H,5-6,8-9,11H2,(H,22,24);2*1H. The maximum atomic E-state index is 12.5. The first-order chi connectivity index (χ1) is 12.1. The first-order valence-electron chi connectivity index (χ1n) is 8.20. The number of hydrogen-bond acceptors (Lipinski definition) is 4. The van der Waals surface area contributed by atoms with Crippen molar-refractivity contribution in [2.24, 2.45) is 5.92 Å². The predicted octanol–water partition coefficient (Wildman–Crippen LogP) is 4.75. The van der Waals surface area contributed by atoms with E-state index >= 15 is 0 Å². The zero-order chi connectivity index (χ0) is 17.6. The molecule has 1 fully saturated rings. The molecule has 0 spiro atoms. The number of pyridine rings is 1. The first kappa shape index (κ1) is 23.8. The SMILES string of the molecule is Cl.Cl.O=C(NCCC1CCNC1)c1cccnc1Oc1ccc(Cl)cc1Cl. The molecule has 1 atom stereocenters.